The van der Waals surface area contributed by atoms with E-state index in [0.29, 0.717) is 12.7 Å². The zero-order valence-corrected chi connectivity index (χ0v) is 9.28. The molecule has 0 amide bonds. The van der Waals surface area contributed by atoms with E-state index >= 15 is 0 Å². The van der Waals surface area contributed by atoms with E-state index in [1.165, 1.54) is 25.7 Å². The largest absolute Gasteiger partial charge is 0.375 e. The molecule has 1 aliphatic heterocycles. The van der Waals surface area contributed by atoms with E-state index in [4.69, 9.17) is 9.47 Å². The van der Waals surface area contributed by atoms with Crippen LogP contribution < -0.4 is 0 Å². The molecule has 84 valence electrons. The van der Waals surface area contributed by atoms with Crippen molar-refractivity contribution in [2.45, 2.75) is 31.8 Å². The second-order valence-corrected chi connectivity index (χ2v) is 4.49. The zero-order chi connectivity index (χ0) is 10.5. The lowest BCUT2D eigenvalue weighted by Gasteiger charge is -1.98. The molecule has 2 atom stereocenters. The predicted octanol–water partition coefficient (Wildman–Crippen LogP) is 2.70. The Hall–Kier alpha value is -0.600. The molecule has 2 fully saturated rings. The molecule has 2 unspecified atom stereocenters. The molecular formula is C13H20O2. The highest BCUT2D eigenvalue weighted by molar-refractivity contribution is 5.15. The lowest BCUT2D eigenvalue weighted by molar-refractivity contribution is 0.141. The van der Waals surface area contributed by atoms with Gasteiger partial charge in [-0.1, -0.05) is 17.7 Å². The minimum atomic E-state index is 0.384. The van der Waals surface area contributed by atoms with Crippen LogP contribution >= 0.6 is 0 Å². The summed E-state index contributed by atoms with van der Waals surface area (Å²) in [4.78, 5) is 0. The molecule has 1 saturated carbocycles. The number of hydrogen-bond donors (Lipinski definition) is 0. The van der Waals surface area contributed by atoms with Gasteiger partial charge in [0, 0.05) is 0 Å². The van der Waals surface area contributed by atoms with E-state index in [-0.39, 0.29) is 0 Å². The molecule has 0 aromatic carbocycles. The molecule has 2 aliphatic carbocycles. The standard InChI is InChI=1S/C7H10.C6H10O2/c1-2-7-4-3-6(1)5-7;1-2-3-7-4-6-5-8-6/h1,7H,2-5H2;2,6H,1,3-5H2. The maximum atomic E-state index is 5.06. The van der Waals surface area contributed by atoms with Crippen molar-refractivity contribution in [3.8, 4) is 0 Å². The summed E-state index contributed by atoms with van der Waals surface area (Å²) in [6, 6.07) is 0. The molecule has 15 heavy (non-hydrogen) atoms. The van der Waals surface area contributed by atoms with Crippen molar-refractivity contribution < 1.29 is 9.47 Å². The van der Waals surface area contributed by atoms with Crippen molar-refractivity contribution in [1.29, 1.82) is 0 Å². The Bertz CT molecular complexity index is 241. The second-order valence-electron chi connectivity index (χ2n) is 4.49. The van der Waals surface area contributed by atoms with Gasteiger partial charge in [-0.3, -0.25) is 0 Å². The van der Waals surface area contributed by atoms with Crippen LogP contribution in [0, 0.1) is 5.92 Å². The highest BCUT2D eigenvalue weighted by atomic mass is 16.6. The SMILES string of the molecule is C1=C2CCC(C1)C2.C=CCOCC1CO1. The molecule has 2 nitrogen and oxygen atoms in total. The molecule has 0 aromatic rings. The summed E-state index contributed by atoms with van der Waals surface area (Å²) in [6.07, 6.45) is 10.3. The van der Waals surface area contributed by atoms with Crippen LogP contribution in [-0.2, 0) is 9.47 Å². The van der Waals surface area contributed by atoms with Crippen LogP contribution in [0.2, 0.25) is 0 Å². The molecule has 3 aliphatic rings. The molecule has 1 saturated heterocycles. The van der Waals surface area contributed by atoms with Crippen molar-refractivity contribution in [2.24, 2.45) is 5.92 Å². The van der Waals surface area contributed by atoms with Gasteiger partial charge in [-0.2, -0.15) is 0 Å². The van der Waals surface area contributed by atoms with Crippen molar-refractivity contribution >= 4 is 0 Å². The maximum absolute atomic E-state index is 5.06. The summed E-state index contributed by atoms with van der Waals surface area (Å²) in [5.41, 5.74) is 1.74. The van der Waals surface area contributed by atoms with Gasteiger partial charge in [0.1, 0.15) is 6.10 Å². The lowest BCUT2D eigenvalue weighted by Crippen LogP contribution is -2.00. The van der Waals surface area contributed by atoms with E-state index in [2.05, 4.69) is 12.7 Å². The van der Waals surface area contributed by atoms with E-state index in [0.717, 1.165) is 19.1 Å². The Morgan fingerprint density at radius 1 is 1.60 bits per heavy atom. The Balaban J connectivity index is 0.000000114. The molecule has 0 N–H and O–H groups in total. The first kappa shape index (κ1) is 10.9. The zero-order valence-electron chi connectivity index (χ0n) is 9.28. The topological polar surface area (TPSA) is 21.8 Å². The fourth-order valence-corrected chi connectivity index (χ4v) is 2.13. The summed E-state index contributed by atoms with van der Waals surface area (Å²) in [5, 5.41) is 0. The van der Waals surface area contributed by atoms with Crippen LogP contribution in [0.15, 0.2) is 24.3 Å². The number of allylic oxidation sites excluding steroid dienone is 2. The molecular weight excluding hydrogens is 188 g/mol. The molecule has 1 heterocycles. The number of ether oxygens (including phenoxy) is 2. The van der Waals surface area contributed by atoms with E-state index in [1.807, 2.05) is 0 Å². The van der Waals surface area contributed by atoms with Gasteiger partial charge in [-0.05, 0) is 31.6 Å². The number of hydrogen-bond acceptors (Lipinski definition) is 2. The van der Waals surface area contributed by atoms with Crippen LogP contribution in [0.5, 0.6) is 0 Å². The summed E-state index contributed by atoms with van der Waals surface area (Å²) >= 11 is 0. The number of rotatable bonds is 4. The van der Waals surface area contributed by atoms with E-state index < -0.39 is 0 Å². The molecule has 0 radical (unpaired) electrons. The van der Waals surface area contributed by atoms with E-state index in [9.17, 15) is 0 Å². The van der Waals surface area contributed by atoms with Gasteiger partial charge >= 0.3 is 0 Å². The number of fused-ring (bicyclic) bond motifs is 2. The van der Waals surface area contributed by atoms with Gasteiger partial charge in [0.05, 0.1) is 19.8 Å². The Morgan fingerprint density at radius 3 is 2.80 bits per heavy atom. The summed E-state index contributed by atoms with van der Waals surface area (Å²) in [5.74, 6) is 1.08. The van der Waals surface area contributed by atoms with Crippen LogP contribution in [0.1, 0.15) is 25.7 Å². The Kier molecular flexibility index (Phi) is 3.98. The van der Waals surface area contributed by atoms with Gasteiger partial charge in [0.2, 0.25) is 0 Å². The summed E-state index contributed by atoms with van der Waals surface area (Å²) in [6.45, 7) is 5.75. The summed E-state index contributed by atoms with van der Waals surface area (Å²) in [7, 11) is 0. The smallest absolute Gasteiger partial charge is 0.104 e. The molecule has 0 aromatic heterocycles. The van der Waals surface area contributed by atoms with Crippen LogP contribution in [0.3, 0.4) is 0 Å². The summed E-state index contributed by atoms with van der Waals surface area (Å²) < 4.78 is 9.96. The fourth-order valence-electron chi connectivity index (χ4n) is 2.13. The minimum absolute atomic E-state index is 0.384. The van der Waals surface area contributed by atoms with Gasteiger partial charge in [-0.15, -0.1) is 6.58 Å². The van der Waals surface area contributed by atoms with Crippen LogP contribution in [-0.4, -0.2) is 25.9 Å². The first-order valence-electron chi connectivity index (χ1n) is 5.86. The quantitative estimate of drug-likeness (QED) is 0.402. The predicted molar refractivity (Wildman–Crippen MR) is 60.8 cm³/mol. The highest BCUT2D eigenvalue weighted by Gasteiger charge is 2.23. The van der Waals surface area contributed by atoms with Crippen molar-refractivity contribution in [3.63, 3.8) is 0 Å². The average Bonchev–Trinajstić information content (AvgIpc) is 2.83. The molecule has 2 bridgehead atoms. The third-order valence-corrected chi connectivity index (χ3v) is 3.11. The van der Waals surface area contributed by atoms with Crippen LogP contribution in [0.25, 0.3) is 0 Å². The lowest BCUT2D eigenvalue weighted by atomic mass is 10.1. The van der Waals surface area contributed by atoms with Gasteiger partial charge < -0.3 is 9.47 Å². The third-order valence-electron chi connectivity index (χ3n) is 3.11. The van der Waals surface area contributed by atoms with Crippen LogP contribution in [0.4, 0.5) is 0 Å². The first-order chi connectivity index (χ1) is 7.38. The van der Waals surface area contributed by atoms with Crippen molar-refractivity contribution in [1.82, 2.24) is 0 Å². The Labute approximate surface area is 92.0 Å². The van der Waals surface area contributed by atoms with Gasteiger partial charge in [-0.25, -0.2) is 0 Å². The third kappa shape index (κ3) is 3.80. The monoisotopic (exact) mass is 208 g/mol. The van der Waals surface area contributed by atoms with Gasteiger partial charge in [0.15, 0.2) is 0 Å². The normalized spacial score (nSPS) is 30.5. The maximum Gasteiger partial charge on any atom is 0.104 e. The second kappa shape index (κ2) is 5.47. The molecule has 0 spiro atoms. The number of epoxide rings is 1. The molecule has 2 heteroatoms. The fraction of sp³-hybridized carbons (Fsp3) is 0.692. The first-order valence-corrected chi connectivity index (χ1v) is 5.86. The van der Waals surface area contributed by atoms with Crippen molar-refractivity contribution in [3.05, 3.63) is 24.3 Å². The van der Waals surface area contributed by atoms with E-state index in [1.54, 1.807) is 11.6 Å². The molecule has 3 rings (SSSR count). The highest BCUT2D eigenvalue weighted by Crippen LogP contribution is 2.38. The minimum Gasteiger partial charge on any atom is -0.375 e. The van der Waals surface area contributed by atoms with Crippen molar-refractivity contribution in [2.75, 3.05) is 19.8 Å². The average molecular weight is 208 g/mol. The van der Waals surface area contributed by atoms with Gasteiger partial charge in [0.25, 0.3) is 0 Å². The Morgan fingerprint density at radius 2 is 2.47 bits per heavy atom.